The Labute approximate surface area is 161 Å². The topological polar surface area (TPSA) is 59.1 Å². The molecule has 0 aliphatic carbocycles. The predicted octanol–water partition coefficient (Wildman–Crippen LogP) is 4.30. The van der Waals surface area contributed by atoms with Gasteiger partial charge in [-0.15, -0.1) is 0 Å². The van der Waals surface area contributed by atoms with Crippen LogP contribution in [0.4, 0.5) is 0 Å². The third kappa shape index (κ3) is 3.62. The lowest BCUT2D eigenvalue weighted by molar-refractivity contribution is 0.580. The molecule has 142 valence electrons. The summed E-state index contributed by atoms with van der Waals surface area (Å²) in [6.45, 7) is 10.1. The summed E-state index contributed by atoms with van der Waals surface area (Å²) in [5.41, 5.74) is 6.86. The SMILES string of the molecule is Cc1c(C)c(C)c(S(=O)(=O)NCCc2cccc3cccnc23)c(C)c1C. The number of rotatable bonds is 5. The minimum atomic E-state index is -3.58. The van der Waals surface area contributed by atoms with E-state index in [1.807, 2.05) is 65.0 Å². The van der Waals surface area contributed by atoms with E-state index in [1.165, 1.54) is 0 Å². The first-order chi connectivity index (χ1) is 12.7. The molecule has 1 N–H and O–H groups in total. The summed E-state index contributed by atoms with van der Waals surface area (Å²) in [4.78, 5) is 4.85. The molecule has 0 fully saturated rings. The Morgan fingerprint density at radius 1 is 0.852 bits per heavy atom. The first kappa shape index (κ1) is 19.5. The molecule has 0 bridgehead atoms. The van der Waals surface area contributed by atoms with Gasteiger partial charge in [0.2, 0.25) is 10.0 Å². The molecule has 1 heterocycles. The van der Waals surface area contributed by atoms with Crippen molar-refractivity contribution in [3.8, 4) is 0 Å². The summed E-state index contributed by atoms with van der Waals surface area (Å²) in [5.74, 6) is 0. The highest BCUT2D eigenvalue weighted by Gasteiger charge is 2.23. The van der Waals surface area contributed by atoms with Gasteiger partial charge < -0.3 is 0 Å². The first-order valence-electron chi connectivity index (χ1n) is 9.13. The Balaban J connectivity index is 1.86. The van der Waals surface area contributed by atoms with Crippen LogP contribution in [-0.2, 0) is 16.4 Å². The van der Waals surface area contributed by atoms with Crippen LogP contribution >= 0.6 is 0 Å². The molecule has 0 atom stereocenters. The number of benzene rings is 2. The molecule has 0 saturated heterocycles. The second kappa shape index (κ2) is 7.41. The molecule has 4 nitrogen and oxygen atoms in total. The highest BCUT2D eigenvalue weighted by atomic mass is 32.2. The van der Waals surface area contributed by atoms with Crippen LogP contribution in [0.15, 0.2) is 41.4 Å². The standard InChI is InChI=1S/C22H26N2O2S/c1-14-15(2)17(4)22(18(5)16(14)3)27(25,26)24-13-11-20-9-6-8-19-10-7-12-23-21(19)20/h6-10,12,24H,11,13H2,1-5H3. The number of nitrogens with one attached hydrogen (secondary N) is 1. The smallest absolute Gasteiger partial charge is 0.241 e. The van der Waals surface area contributed by atoms with Crippen LogP contribution in [0.2, 0.25) is 0 Å². The zero-order chi connectivity index (χ0) is 19.8. The van der Waals surface area contributed by atoms with Gasteiger partial charge in [0, 0.05) is 18.1 Å². The highest BCUT2D eigenvalue weighted by Crippen LogP contribution is 2.29. The second-order valence-electron chi connectivity index (χ2n) is 7.09. The second-order valence-corrected chi connectivity index (χ2v) is 8.80. The van der Waals surface area contributed by atoms with E-state index in [9.17, 15) is 8.42 Å². The fourth-order valence-corrected chi connectivity index (χ4v) is 5.26. The predicted molar refractivity (Wildman–Crippen MR) is 111 cm³/mol. The van der Waals surface area contributed by atoms with E-state index in [2.05, 4.69) is 9.71 Å². The number of fused-ring (bicyclic) bond motifs is 1. The fourth-order valence-electron chi connectivity index (χ4n) is 3.63. The largest absolute Gasteiger partial charge is 0.256 e. The number of hydrogen-bond acceptors (Lipinski definition) is 3. The molecule has 0 radical (unpaired) electrons. The summed E-state index contributed by atoms with van der Waals surface area (Å²) >= 11 is 0. The molecule has 3 rings (SSSR count). The van der Waals surface area contributed by atoms with Crippen molar-refractivity contribution in [1.29, 1.82) is 0 Å². The van der Waals surface area contributed by atoms with Crippen molar-refractivity contribution in [2.75, 3.05) is 6.54 Å². The van der Waals surface area contributed by atoms with Crippen LogP contribution in [0.1, 0.15) is 33.4 Å². The maximum atomic E-state index is 13.0. The summed E-state index contributed by atoms with van der Waals surface area (Å²) < 4.78 is 28.8. The monoisotopic (exact) mass is 382 g/mol. The number of sulfonamides is 1. The van der Waals surface area contributed by atoms with Crippen molar-refractivity contribution in [2.45, 2.75) is 45.9 Å². The van der Waals surface area contributed by atoms with Gasteiger partial charge in [-0.2, -0.15) is 0 Å². The van der Waals surface area contributed by atoms with Gasteiger partial charge in [0.1, 0.15) is 0 Å². The van der Waals surface area contributed by atoms with Crippen molar-refractivity contribution in [2.24, 2.45) is 0 Å². The molecule has 0 amide bonds. The lowest BCUT2D eigenvalue weighted by Crippen LogP contribution is -2.28. The van der Waals surface area contributed by atoms with Crippen molar-refractivity contribution >= 4 is 20.9 Å². The molecule has 1 aromatic heterocycles. The van der Waals surface area contributed by atoms with Crippen LogP contribution in [0.5, 0.6) is 0 Å². The lowest BCUT2D eigenvalue weighted by Gasteiger charge is -2.19. The van der Waals surface area contributed by atoms with Gasteiger partial charge in [-0.05, 0) is 80.5 Å². The van der Waals surface area contributed by atoms with Crippen molar-refractivity contribution < 1.29 is 8.42 Å². The van der Waals surface area contributed by atoms with Crippen molar-refractivity contribution in [3.63, 3.8) is 0 Å². The maximum Gasteiger partial charge on any atom is 0.241 e. The van der Waals surface area contributed by atoms with Gasteiger partial charge in [-0.25, -0.2) is 13.1 Å². The number of nitrogens with zero attached hydrogens (tertiary/aromatic N) is 1. The van der Waals surface area contributed by atoms with Crippen molar-refractivity contribution in [1.82, 2.24) is 9.71 Å². The van der Waals surface area contributed by atoms with Gasteiger partial charge >= 0.3 is 0 Å². The summed E-state index contributed by atoms with van der Waals surface area (Å²) in [7, 11) is -3.58. The minimum Gasteiger partial charge on any atom is -0.256 e. The van der Waals surface area contributed by atoms with Gasteiger partial charge in [0.15, 0.2) is 0 Å². The summed E-state index contributed by atoms with van der Waals surface area (Å²) in [6.07, 6.45) is 2.36. The summed E-state index contributed by atoms with van der Waals surface area (Å²) in [5, 5.41) is 1.06. The first-order valence-corrected chi connectivity index (χ1v) is 10.6. The Morgan fingerprint density at radius 3 is 2.11 bits per heavy atom. The van der Waals surface area contributed by atoms with Crippen LogP contribution in [-0.4, -0.2) is 19.9 Å². The number of pyridine rings is 1. The van der Waals surface area contributed by atoms with Crippen LogP contribution in [0.25, 0.3) is 10.9 Å². The third-order valence-corrected chi connectivity index (χ3v) is 7.34. The molecule has 3 aromatic rings. The van der Waals surface area contributed by atoms with Gasteiger partial charge in [0.05, 0.1) is 10.4 Å². The molecule has 0 aliphatic heterocycles. The van der Waals surface area contributed by atoms with Gasteiger partial charge in [0.25, 0.3) is 0 Å². The minimum absolute atomic E-state index is 0.336. The molecule has 0 spiro atoms. The van der Waals surface area contributed by atoms with Crippen LogP contribution < -0.4 is 4.72 Å². The zero-order valence-corrected chi connectivity index (χ0v) is 17.4. The van der Waals surface area contributed by atoms with Gasteiger partial charge in [-0.1, -0.05) is 24.3 Å². The Hall–Kier alpha value is -2.24. The molecule has 0 aliphatic rings. The average molecular weight is 383 g/mol. The molecule has 27 heavy (non-hydrogen) atoms. The molecule has 0 unspecified atom stereocenters. The quantitative estimate of drug-likeness (QED) is 0.716. The molecule has 5 heteroatoms. The average Bonchev–Trinajstić information content (AvgIpc) is 2.65. The van der Waals surface area contributed by atoms with Crippen molar-refractivity contribution in [3.05, 3.63) is 69.9 Å². The lowest BCUT2D eigenvalue weighted by atomic mass is 9.95. The molecular weight excluding hydrogens is 356 g/mol. The van der Waals surface area contributed by atoms with Crippen LogP contribution in [0.3, 0.4) is 0 Å². The Bertz CT molecular complexity index is 1080. The molecule has 2 aromatic carbocycles. The normalized spacial score (nSPS) is 11.9. The highest BCUT2D eigenvalue weighted by molar-refractivity contribution is 7.89. The fraction of sp³-hybridized carbons (Fsp3) is 0.318. The van der Waals surface area contributed by atoms with Crippen LogP contribution in [0, 0.1) is 34.6 Å². The van der Waals surface area contributed by atoms with E-state index in [0.717, 1.165) is 44.3 Å². The van der Waals surface area contributed by atoms with E-state index >= 15 is 0 Å². The van der Waals surface area contributed by atoms with E-state index in [1.54, 1.807) is 6.20 Å². The Morgan fingerprint density at radius 2 is 1.44 bits per heavy atom. The van der Waals surface area contributed by atoms with E-state index in [-0.39, 0.29) is 0 Å². The number of para-hydroxylation sites is 1. The van der Waals surface area contributed by atoms with E-state index in [4.69, 9.17) is 0 Å². The molecule has 0 saturated carbocycles. The Kier molecular flexibility index (Phi) is 5.36. The van der Waals surface area contributed by atoms with E-state index in [0.29, 0.717) is 17.9 Å². The maximum absolute atomic E-state index is 13.0. The molecular formula is C22H26N2O2S. The zero-order valence-electron chi connectivity index (χ0n) is 16.6. The number of hydrogen-bond donors (Lipinski definition) is 1. The number of aromatic nitrogens is 1. The van der Waals surface area contributed by atoms with E-state index < -0.39 is 10.0 Å². The third-order valence-electron chi connectivity index (χ3n) is 5.60. The van der Waals surface area contributed by atoms with Gasteiger partial charge in [-0.3, -0.25) is 4.98 Å². The summed E-state index contributed by atoms with van der Waals surface area (Å²) in [6, 6.07) is 9.92.